The molecular weight excluding hydrogens is 475 g/mol. The molecule has 3 N–H and O–H groups in total. The number of nitrogens with one attached hydrogen (secondary N) is 3. The van der Waals surface area contributed by atoms with E-state index in [0.717, 1.165) is 37.7 Å². The van der Waals surface area contributed by atoms with Crippen LogP contribution in [0, 0.1) is 26.7 Å². The Morgan fingerprint density at radius 1 is 1.21 bits per heavy atom. The van der Waals surface area contributed by atoms with Crippen LogP contribution in [0.4, 0.5) is 0 Å². The molecule has 3 rings (SSSR count). The van der Waals surface area contributed by atoms with E-state index in [0.29, 0.717) is 5.92 Å². The Bertz CT molecular complexity index is 956. The van der Waals surface area contributed by atoms with E-state index >= 15 is 0 Å². The standard InChI is InChI=1S/C22H32N6.HI/c1-15-6-7-20-19(13-25-21(20)10-15)8-9-24-22(23-5)26-12-16(2)14-28-18(4)11-17(3)27-28;/h6-7,10-11,13,16,25H,8-9,12,14H2,1-5H3,(H2,23,24,26);1H. The van der Waals surface area contributed by atoms with Gasteiger partial charge >= 0.3 is 0 Å². The molecule has 0 fully saturated rings. The maximum atomic E-state index is 4.55. The Kier molecular flexibility index (Phi) is 8.55. The van der Waals surface area contributed by atoms with Crippen molar-refractivity contribution in [2.24, 2.45) is 10.9 Å². The summed E-state index contributed by atoms with van der Waals surface area (Å²) in [6, 6.07) is 8.67. The first kappa shape index (κ1) is 23.3. The van der Waals surface area contributed by atoms with E-state index in [1.165, 1.54) is 27.7 Å². The minimum absolute atomic E-state index is 0. The number of aromatic amines is 1. The van der Waals surface area contributed by atoms with Crippen LogP contribution in [0.5, 0.6) is 0 Å². The molecule has 0 radical (unpaired) electrons. The van der Waals surface area contributed by atoms with Crippen LogP contribution in [0.15, 0.2) is 35.5 Å². The zero-order valence-corrected chi connectivity index (χ0v) is 20.4. The molecule has 0 spiro atoms. The second kappa shape index (κ2) is 10.7. The van der Waals surface area contributed by atoms with Crippen molar-refractivity contribution in [1.29, 1.82) is 0 Å². The third-order valence-corrected chi connectivity index (χ3v) is 5.04. The molecule has 0 amide bonds. The van der Waals surface area contributed by atoms with Gasteiger partial charge in [0, 0.05) is 49.5 Å². The van der Waals surface area contributed by atoms with Gasteiger partial charge in [-0.1, -0.05) is 19.1 Å². The van der Waals surface area contributed by atoms with E-state index < -0.39 is 0 Å². The van der Waals surface area contributed by atoms with Gasteiger partial charge in [-0.3, -0.25) is 9.67 Å². The second-order valence-corrected chi connectivity index (χ2v) is 7.71. The summed E-state index contributed by atoms with van der Waals surface area (Å²) < 4.78 is 2.08. The molecular formula is C22H33IN6. The average molecular weight is 508 g/mol. The Hall–Kier alpha value is -2.03. The number of guanidine groups is 1. The molecule has 0 saturated heterocycles. The van der Waals surface area contributed by atoms with Crippen LogP contribution in [0.2, 0.25) is 0 Å². The van der Waals surface area contributed by atoms with Crippen LogP contribution in [-0.2, 0) is 13.0 Å². The molecule has 0 saturated carbocycles. The molecule has 0 aliphatic carbocycles. The van der Waals surface area contributed by atoms with Crippen LogP contribution < -0.4 is 10.6 Å². The average Bonchev–Trinajstić information content (AvgIpc) is 3.19. The van der Waals surface area contributed by atoms with Crippen LogP contribution in [0.25, 0.3) is 10.9 Å². The molecule has 2 heterocycles. The lowest BCUT2D eigenvalue weighted by atomic mass is 10.1. The van der Waals surface area contributed by atoms with Crippen molar-refractivity contribution in [1.82, 2.24) is 25.4 Å². The molecule has 158 valence electrons. The van der Waals surface area contributed by atoms with Crippen molar-refractivity contribution < 1.29 is 0 Å². The van der Waals surface area contributed by atoms with Gasteiger partial charge in [-0.2, -0.15) is 5.10 Å². The molecule has 7 heteroatoms. The van der Waals surface area contributed by atoms with E-state index in [1.54, 1.807) is 0 Å². The number of aliphatic imine (C=N–C) groups is 1. The summed E-state index contributed by atoms with van der Waals surface area (Å²) in [5, 5.41) is 12.7. The molecule has 6 nitrogen and oxygen atoms in total. The van der Waals surface area contributed by atoms with Crippen LogP contribution in [-0.4, -0.2) is 40.9 Å². The van der Waals surface area contributed by atoms with Crippen molar-refractivity contribution in [2.45, 2.75) is 40.7 Å². The number of fused-ring (bicyclic) bond motifs is 1. The number of aromatic nitrogens is 3. The molecule has 1 unspecified atom stereocenters. The molecule has 0 aliphatic heterocycles. The Morgan fingerprint density at radius 3 is 2.69 bits per heavy atom. The summed E-state index contributed by atoms with van der Waals surface area (Å²) in [6.07, 6.45) is 3.06. The quantitative estimate of drug-likeness (QED) is 0.257. The first-order chi connectivity index (χ1) is 13.5. The summed E-state index contributed by atoms with van der Waals surface area (Å²) in [4.78, 5) is 7.71. The minimum atomic E-state index is 0. The van der Waals surface area contributed by atoms with Gasteiger partial charge in [-0.05, 0) is 56.4 Å². The zero-order valence-electron chi connectivity index (χ0n) is 18.0. The van der Waals surface area contributed by atoms with E-state index in [1.807, 2.05) is 14.0 Å². The smallest absolute Gasteiger partial charge is 0.190 e. The van der Waals surface area contributed by atoms with Crippen LogP contribution in [0.1, 0.15) is 29.4 Å². The topological polar surface area (TPSA) is 70.0 Å². The van der Waals surface area contributed by atoms with Gasteiger partial charge in [0.05, 0.1) is 5.69 Å². The van der Waals surface area contributed by atoms with Gasteiger partial charge in [-0.15, -0.1) is 24.0 Å². The zero-order chi connectivity index (χ0) is 20.1. The van der Waals surface area contributed by atoms with Gasteiger partial charge in [0.1, 0.15) is 0 Å². The summed E-state index contributed by atoms with van der Waals surface area (Å²) in [5.41, 5.74) is 6.09. The van der Waals surface area contributed by atoms with Crippen LogP contribution in [0.3, 0.4) is 0 Å². The van der Waals surface area contributed by atoms with Crippen molar-refractivity contribution >= 4 is 40.8 Å². The Labute approximate surface area is 190 Å². The molecule has 3 aromatic rings. The highest BCUT2D eigenvalue weighted by Crippen LogP contribution is 2.19. The largest absolute Gasteiger partial charge is 0.361 e. The molecule has 0 aliphatic rings. The second-order valence-electron chi connectivity index (χ2n) is 7.71. The third-order valence-electron chi connectivity index (χ3n) is 5.04. The number of hydrogen-bond donors (Lipinski definition) is 3. The molecule has 0 bridgehead atoms. The normalized spacial score (nSPS) is 12.7. The van der Waals surface area contributed by atoms with Crippen LogP contribution >= 0.6 is 24.0 Å². The van der Waals surface area contributed by atoms with E-state index in [4.69, 9.17) is 0 Å². The fourth-order valence-corrected chi connectivity index (χ4v) is 3.53. The summed E-state index contributed by atoms with van der Waals surface area (Å²) in [6.45, 7) is 11.1. The summed E-state index contributed by atoms with van der Waals surface area (Å²) in [7, 11) is 1.81. The monoisotopic (exact) mass is 508 g/mol. The SMILES string of the molecule is CN=C(NCCc1c[nH]c2cc(C)ccc12)NCC(C)Cn1nc(C)cc1C.I. The van der Waals surface area contributed by atoms with E-state index in [2.05, 4.69) is 81.6 Å². The van der Waals surface area contributed by atoms with Gasteiger partial charge in [0.25, 0.3) is 0 Å². The lowest BCUT2D eigenvalue weighted by molar-refractivity contribution is 0.436. The lowest BCUT2D eigenvalue weighted by Gasteiger charge is -2.17. The first-order valence-electron chi connectivity index (χ1n) is 9.98. The molecule has 1 atom stereocenters. The van der Waals surface area contributed by atoms with Crippen molar-refractivity contribution in [2.75, 3.05) is 20.1 Å². The van der Waals surface area contributed by atoms with E-state index in [-0.39, 0.29) is 24.0 Å². The number of halogens is 1. The highest BCUT2D eigenvalue weighted by Gasteiger charge is 2.09. The Morgan fingerprint density at radius 2 is 2.00 bits per heavy atom. The first-order valence-corrected chi connectivity index (χ1v) is 9.98. The predicted octanol–water partition coefficient (Wildman–Crippen LogP) is 3.95. The van der Waals surface area contributed by atoms with Gasteiger partial charge in [0.15, 0.2) is 5.96 Å². The highest BCUT2D eigenvalue weighted by atomic mass is 127. The lowest BCUT2D eigenvalue weighted by Crippen LogP contribution is -2.40. The molecule has 2 aromatic heterocycles. The maximum Gasteiger partial charge on any atom is 0.190 e. The number of aryl methyl sites for hydroxylation is 3. The van der Waals surface area contributed by atoms with Gasteiger partial charge < -0.3 is 15.6 Å². The number of H-pyrrole nitrogens is 1. The summed E-state index contributed by atoms with van der Waals surface area (Å²) in [5.74, 6) is 1.30. The van der Waals surface area contributed by atoms with Crippen molar-refractivity contribution in [3.05, 3.63) is 53.0 Å². The van der Waals surface area contributed by atoms with E-state index in [9.17, 15) is 0 Å². The Balaban J connectivity index is 0.00000300. The number of nitrogens with zero attached hydrogens (tertiary/aromatic N) is 3. The van der Waals surface area contributed by atoms with Crippen molar-refractivity contribution in [3.8, 4) is 0 Å². The molecule has 1 aromatic carbocycles. The highest BCUT2D eigenvalue weighted by molar-refractivity contribution is 14.0. The predicted molar refractivity (Wildman–Crippen MR) is 132 cm³/mol. The third kappa shape index (κ3) is 6.22. The summed E-state index contributed by atoms with van der Waals surface area (Å²) >= 11 is 0. The maximum absolute atomic E-state index is 4.55. The van der Waals surface area contributed by atoms with Gasteiger partial charge in [0.2, 0.25) is 0 Å². The minimum Gasteiger partial charge on any atom is -0.361 e. The van der Waals surface area contributed by atoms with Crippen molar-refractivity contribution in [3.63, 3.8) is 0 Å². The number of benzene rings is 1. The fourth-order valence-electron chi connectivity index (χ4n) is 3.53. The molecule has 29 heavy (non-hydrogen) atoms. The fraction of sp³-hybridized carbons (Fsp3) is 0.455. The number of rotatable bonds is 7. The number of hydrogen-bond acceptors (Lipinski definition) is 2. The van der Waals surface area contributed by atoms with Gasteiger partial charge in [-0.25, -0.2) is 0 Å².